The van der Waals surface area contributed by atoms with Crippen molar-refractivity contribution in [3.8, 4) is 11.5 Å². The molecule has 1 aliphatic rings. The molecule has 0 unspecified atom stereocenters. The molecular weight excluding hydrogens is 560 g/mol. The highest BCUT2D eigenvalue weighted by Gasteiger charge is 2.25. The van der Waals surface area contributed by atoms with E-state index >= 15 is 0 Å². The Morgan fingerprint density at radius 1 is 0.977 bits per heavy atom. The maximum atomic E-state index is 13.7. The first kappa shape index (κ1) is 30.3. The smallest absolute Gasteiger partial charge is 0.259 e. The van der Waals surface area contributed by atoms with Crippen molar-refractivity contribution in [3.63, 3.8) is 0 Å². The zero-order valence-electron chi connectivity index (χ0n) is 25.1. The van der Waals surface area contributed by atoms with Crippen LogP contribution in [0.4, 0.5) is 11.4 Å². The molecule has 1 aliphatic heterocycles. The lowest BCUT2D eigenvalue weighted by Gasteiger charge is -2.32. The molecule has 3 heterocycles. The van der Waals surface area contributed by atoms with Crippen LogP contribution < -0.4 is 20.1 Å². The topological polar surface area (TPSA) is 92.8 Å². The third-order valence-corrected chi connectivity index (χ3v) is 8.31. The normalized spacial score (nSPS) is 14.2. The fraction of sp³-hybridized carbons (Fsp3) is 0.324. The van der Waals surface area contributed by atoms with E-state index < -0.39 is 0 Å². The van der Waals surface area contributed by atoms with Crippen molar-refractivity contribution in [2.75, 3.05) is 30.8 Å². The monoisotopic (exact) mass is 598 g/mol. The molecule has 1 fully saturated rings. The first-order chi connectivity index (χ1) is 20.7. The SMILES string of the molecule is COc1ccc(C(=O)Nc2cnccc2NC(=O)c2ccc(C(C)(C)C)cc2OC2CCN(Cc3ccsc3)CC2)cc1. The van der Waals surface area contributed by atoms with Crippen LogP contribution in [0.5, 0.6) is 11.5 Å². The van der Waals surface area contributed by atoms with E-state index in [0.717, 1.165) is 38.0 Å². The molecule has 2 aromatic heterocycles. The van der Waals surface area contributed by atoms with Gasteiger partial charge in [0.15, 0.2) is 0 Å². The van der Waals surface area contributed by atoms with E-state index in [9.17, 15) is 9.59 Å². The number of anilines is 2. The van der Waals surface area contributed by atoms with Crippen LogP contribution in [0.1, 0.15) is 65.5 Å². The lowest BCUT2D eigenvalue weighted by atomic mass is 9.86. The van der Waals surface area contributed by atoms with Gasteiger partial charge in [0.1, 0.15) is 17.6 Å². The van der Waals surface area contributed by atoms with Gasteiger partial charge in [-0.15, -0.1) is 0 Å². The number of carbonyl (C=O) groups is 2. The van der Waals surface area contributed by atoms with E-state index in [1.54, 1.807) is 55.0 Å². The molecule has 0 aliphatic carbocycles. The fourth-order valence-electron chi connectivity index (χ4n) is 5.01. The van der Waals surface area contributed by atoms with Crippen LogP contribution in [-0.4, -0.2) is 48.0 Å². The summed E-state index contributed by atoms with van der Waals surface area (Å²) in [5, 5.41) is 10.1. The first-order valence-electron chi connectivity index (χ1n) is 14.4. The molecule has 224 valence electrons. The number of rotatable bonds is 9. The maximum Gasteiger partial charge on any atom is 0.259 e. The molecule has 1 saturated heterocycles. The number of aromatic nitrogens is 1. The summed E-state index contributed by atoms with van der Waals surface area (Å²) in [4.78, 5) is 33.2. The molecule has 9 heteroatoms. The zero-order valence-corrected chi connectivity index (χ0v) is 25.9. The minimum Gasteiger partial charge on any atom is -0.497 e. The Morgan fingerprint density at radius 2 is 1.72 bits per heavy atom. The van der Waals surface area contributed by atoms with Crippen molar-refractivity contribution in [2.24, 2.45) is 0 Å². The van der Waals surface area contributed by atoms with Gasteiger partial charge in [-0.2, -0.15) is 11.3 Å². The number of likely N-dealkylation sites (tertiary alicyclic amines) is 1. The Kier molecular flexibility index (Phi) is 9.43. The third-order valence-electron chi connectivity index (χ3n) is 7.58. The Hall–Kier alpha value is -4.21. The number of benzene rings is 2. The van der Waals surface area contributed by atoms with Crippen molar-refractivity contribution in [3.05, 3.63) is 100 Å². The number of hydrogen-bond donors (Lipinski definition) is 2. The van der Waals surface area contributed by atoms with Crippen LogP contribution in [0, 0.1) is 0 Å². The molecule has 2 N–H and O–H groups in total. The molecular formula is C34H38N4O4S. The van der Waals surface area contributed by atoms with Crippen LogP contribution in [0.2, 0.25) is 0 Å². The molecule has 0 spiro atoms. The number of thiophene rings is 1. The molecule has 8 nitrogen and oxygen atoms in total. The molecule has 0 bridgehead atoms. The molecule has 43 heavy (non-hydrogen) atoms. The highest BCUT2D eigenvalue weighted by Crippen LogP contribution is 2.32. The number of nitrogens with one attached hydrogen (secondary N) is 2. The minimum atomic E-state index is -0.324. The van der Waals surface area contributed by atoms with Gasteiger partial charge in [0, 0.05) is 31.4 Å². The fourth-order valence-corrected chi connectivity index (χ4v) is 5.67. The minimum absolute atomic E-state index is 0.0146. The summed E-state index contributed by atoms with van der Waals surface area (Å²) < 4.78 is 11.7. The van der Waals surface area contributed by atoms with E-state index in [1.807, 2.05) is 18.2 Å². The van der Waals surface area contributed by atoms with E-state index in [0.29, 0.717) is 34.0 Å². The van der Waals surface area contributed by atoms with E-state index in [1.165, 1.54) is 11.8 Å². The average molecular weight is 599 g/mol. The number of carbonyl (C=O) groups excluding carboxylic acids is 2. The predicted molar refractivity (Wildman–Crippen MR) is 172 cm³/mol. The number of ether oxygens (including phenoxy) is 2. The van der Waals surface area contributed by atoms with Gasteiger partial charge in [-0.1, -0.05) is 26.8 Å². The molecule has 0 radical (unpaired) electrons. The van der Waals surface area contributed by atoms with Gasteiger partial charge in [-0.05, 0) is 88.7 Å². The predicted octanol–water partition coefficient (Wildman–Crippen LogP) is 7.00. The zero-order chi connectivity index (χ0) is 30.4. The van der Waals surface area contributed by atoms with Crippen LogP contribution in [-0.2, 0) is 12.0 Å². The van der Waals surface area contributed by atoms with E-state index in [2.05, 4.69) is 58.1 Å². The molecule has 2 aromatic carbocycles. The second-order valence-corrected chi connectivity index (χ2v) is 12.5. The summed E-state index contributed by atoms with van der Waals surface area (Å²) in [5.74, 6) is 0.580. The summed E-state index contributed by atoms with van der Waals surface area (Å²) in [6.45, 7) is 9.26. The Balaban J connectivity index is 1.31. The summed E-state index contributed by atoms with van der Waals surface area (Å²) in [5.41, 5.74) is 4.05. The molecule has 0 atom stereocenters. The van der Waals surface area contributed by atoms with Crippen LogP contribution in [0.15, 0.2) is 77.8 Å². The largest absolute Gasteiger partial charge is 0.497 e. The average Bonchev–Trinajstić information content (AvgIpc) is 3.52. The van der Waals surface area contributed by atoms with Crippen molar-refractivity contribution in [2.45, 2.75) is 51.7 Å². The second kappa shape index (κ2) is 13.4. The molecule has 4 aromatic rings. The first-order valence-corrected chi connectivity index (χ1v) is 15.4. The highest BCUT2D eigenvalue weighted by atomic mass is 32.1. The number of piperidine rings is 1. The van der Waals surface area contributed by atoms with Gasteiger partial charge >= 0.3 is 0 Å². The lowest BCUT2D eigenvalue weighted by molar-refractivity contribution is 0.0923. The van der Waals surface area contributed by atoms with Crippen molar-refractivity contribution >= 4 is 34.5 Å². The third kappa shape index (κ3) is 7.80. The van der Waals surface area contributed by atoms with Crippen LogP contribution in [0.25, 0.3) is 0 Å². The summed E-state index contributed by atoms with van der Waals surface area (Å²) in [6.07, 6.45) is 4.87. The van der Waals surface area contributed by atoms with E-state index in [-0.39, 0.29) is 23.3 Å². The number of nitrogens with zero attached hydrogens (tertiary/aromatic N) is 2. The molecule has 5 rings (SSSR count). The summed E-state index contributed by atoms with van der Waals surface area (Å²) >= 11 is 1.72. The Bertz CT molecular complexity index is 1540. The van der Waals surface area contributed by atoms with Gasteiger partial charge in [0.25, 0.3) is 11.8 Å². The van der Waals surface area contributed by atoms with Gasteiger partial charge in [-0.3, -0.25) is 19.5 Å². The number of pyridine rings is 1. The molecule has 0 saturated carbocycles. The number of methoxy groups -OCH3 is 1. The maximum absolute atomic E-state index is 13.7. The summed E-state index contributed by atoms with van der Waals surface area (Å²) in [7, 11) is 1.57. The lowest BCUT2D eigenvalue weighted by Crippen LogP contribution is -2.38. The van der Waals surface area contributed by atoms with Gasteiger partial charge < -0.3 is 20.1 Å². The van der Waals surface area contributed by atoms with Crippen LogP contribution >= 0.6 is 11.3 Å². The summed E-state index contributed by atoms with van der Waals surface area (Å²) in [6, 6.07) is 16.4. The van der Waals surface area contributed by atoms with Crippen molar-refractivity contribution in [1.82, 2.24) is 9.88 Å². The molecule has 2 amide bonds. The Morgan fingerprint density at radius 3 is 2.40 bits per heavy atom. The Labute approximate surface area is 257 Å². The van der Waals surface area contributed by atoms with Crippen molar-refractivity contribution in [1.29, 1.82) is 0 Å². The number of amides is 2. The van der Waals surface area contributed by atoms with Crippen molar-refractivity contribution < 1.29 is 19.1 Å². The van der Waals surface area contributed by atoms with Gasteiger partial charge in [-0.25, -0.2) is 0 Å². The quantitative estimate of drug-likeness (QED) is 0.216. The number of hydrogen-bond acceptors (Lipinski definition) is 7. The van der Waals surface area contributed by atoms with E-state index in [4.69, 9.17) is 9.47 Å². The second-order valence-electron chi connectivity index (χ2n) is 11.7. The standard InChI is InChI=1S/C34H38N4O4S/c1-34(2,3)25-7-10-28(31(19-25)42-27-12-16-38(17-13-27)21-23-14-18-43-22-23)33(40)36-29-11-15-35-20-30(29)37-32(39)24-5-8-26(41-4)9-6-24/h5-11,14-15,18-20,22,27H,12-13,16-17,21H2,1-4H3,(H,37,39)(H,35,36,40). The van der Waals surface area contributed by atoms with Gasteiger partial charge in [0.05, 0.1) is 30.2 Å². The van der Waals surface area contributed by atoms with Crippen LogP contribution in [0.3, 0.4) is 0 Å². The van der Waals surface area contributed by atoms with Gasteiger partial charge in [0.2, 0.25) is 0 Å². The highest BCUT2D eigenvalue weighted by molar-refractivity contribution is 7.07.